The Morgan fingerprint density at radius 2 is 1.76 bits per heavy atom. The van der Waals surface area contributed by atoms with Crippen molar-refractivity contribution in [1.82, 2.24) is 0 Å². The maximum Gasteiger partial charge on any atom is 0.159 e. The smallest absolute Gasteiger partial charge is 0.159 e. The van der Waals surface area contributed by atoms with E-state index in [1.165, 1.54) is 37.7 Å². The van der Waals surface area contributed by atoms with E-state index in [1.807, 2.05) is 0 Å². The fourth-order valence-corrected chi connectivity index (χ4v) is 10.3. The second-order valence-electron chi connectivity index (χ2n) is 15.2. The van der Waals surface area contributed by atoms with E-state index in [0.29, 0.717) is 41.3 Å². The molecule has 0 aromatic heterocycles. The summed E-state index contributed by atoms with van der Waals surface area (Å²) < 4.78 is 0. The highest BCUT2D eigenvalue weighted by Gasteiger charge is 2.68. The minimum absolute atomic E-state index is 0.138. The Balaban J connectivity index is 1.73. The Morgan fingerprint density at radius 1 is 1.12 bits per heavy atom. The molecule has 0 amide bonds. The number of fused-ring (bicyclic) bond motifs is 5. The molecule has 1 unspecified atom stereocenters. The van der Waals surface area contributed by atoms with Crippen LogP contribution >= 0.6 is 0 Å². The van der Waals surface area contributed by atoms with Crippen molar-refractivity contribution in [3.05, 3.63) is 23.8 Å². The quantitative estimate of drug-likeness (QED) is 0.369. The van der Waals surface area contributed by atoms with E-state index in [2.05, 4.69) is 81.9 Å². The predicted molar refractivity (Wildman–Crippen MR) is 145 cm³/mol. The van der Waals surface area contributed by atoms with Crippen LogP contribution in [0.1, 0.15) is 114 Å². The minimum Gasteiger partial charge on any atom is -0.295 e. The Hall–Kier alpha value is -0.850. The number of ketones is 1. The molecule has 0 bridgehead atoms. The molecule has 3 fully saturated rings. The summed E-state index contributed by atoms with van der Waals surface area (Å²) in [4.78, 5) is 13.7. The second kappa shape index (κ2) is 8.34. The van der Waals surface area contributed by atoms with Crippen molar-refractivity contribution < 1.29 is 4.79 Å². The zero-order chi connectivity index (χ0) is 25.4. The van der Waals surface area contributed by atoms with Gasteiger partial charge in [-0.05, 0) is 115 Å². The van der Waals surface area contributed by atoms with Crippen LogP contribution < -0.4 is 0 Å². The molecule has 0 aromatic rings. The standard InChI is InChI=1S/C33H54O/c1-20(2)12-13-24(6)30(7,8)28-14-15-32(10)26-17-27(34)25-16-21(3)22(4)18-31(25,9)29(26)23(5)19-33(28,32)11/h17,21-25,28-29H,1,12-16,18-19H2,2-11H3/t21-,22+,23-,24-,25+,28-,29?,31+,32+,33-/m1/s1. The molecular weight excluding hydrogens is 412 g/mol. The highest BCUT2D eigenvalue weighted by atomic mass is 16.1. The average Bonchev–Trinajstić information content (AvgIpc) is 2.99. The summed E-state index contributed by atoms with van der Waals surface area (Å²) in [6, 6.07) is 0. The first kappa shape index (κ1) is 26.2. The van der Waals surface area contributed by atoms with E-state index in [0.717, 1.165) is 12.8 Å². The molecule has 4 aliphatic carbocycles. The van der Waals surface area contributed by atoms with Crippen LogP contribution in [-0.2, 0) is 4.79 Å². The van der Waals surface area contributed by atoms with Crippen LogP contribution in [0.2, 0.25) is 0 Å². The Kier molecular flexibility index (Phi) is 6.43. The van der Waals surface area contributed by atoms with Gasteiger partial charge >= 0.3 is 0 Å². The van der Waals surface area contributed by atoms with Crippen LogP contribution in [0.3, 0.4) is 0 Å². The van der Waals surface area contributed by atoms with Gasteiger partial charge in [-0.2, -0.15) is 0 Å². The topological polar surface area (TPSA) is 17.1 Å². The molecule has 0 aliphatic heterocycles. The molecule has 0 N–H and O–H groups in total. The lowest BCUT2D eigenvalue weighted by Gasteiger charge is -2.64. The van der Waals surface area contributed by atoms with Crippen LogP contribution in [-0.4, -0.2) is 5.78 Å². The van der Waals surface area contributed by atoms with E-state index in [-0.39, 0.29) is 27.6 Å². The van der Waals surface area contributed by atoms with Gasteiger partial charge in [0.15, 0.2) is 5.78 Å². The fourth-order valence-electron chi connectivity index (χ4n) is 10.3. The molecular formula is C33H54O. The number of carbonyl (C=O) groups excluding carboxylic acids is 1. The van der Waals surface area contributed by atoms with Crippen LogP contribution in [0.4, 0.5) is 0 Å². The van der Waals surface area contributed by atoms with Gasteiger partial charge in [0.1, 0.15) is 0 Å². The van der Waals surface area contributed by atoms with E-state index >= 15 is 0 Å². The number of hydrogen-bond donors (Lipinski definition) is 0. The van der Waals surface area contributed by atoms with Crippen molar-refractivity contribution in [2.75, 3.05) is 0 Å². The highest BCUT2D eigenvalue weighted by Crippen LogP contribution is 2.75. The molecule has 1 nitrogen and oxygen atoms in total. The van der Waals surface area contributed by atoms with Crippen molar-refractivity contribution in [2.45, 2.75) is 114 Å². The fraction of sp³-hybridized carbons (Fsp3) is 0.848. The monoisotopic (exact) mass is 466 g/mol. The van der Waals surface area contributed by atoms with Gasteiger partial charge in [-0.1, -0.05) is 73.5 Å². The normalized spacial score (nSPS) is 47.4. The number of carbonyl (C=O) groups is 1. The van der Waals surface area contributed by atoms with E-state index in [9.17, 15) is 4.79 Å². The van der Waals surface area contributed by atoms with Crippen LogP contribution in [0.25, 0.3) is 0 Å². The van der Waals surface area contributed by atoms with Gasteiger partial charge in [0.25, 0.3) is 0 Å². The number of allylic oxidation sites excluding steroid dienone is 3. The second-order valence-corrected chi connectivity index (χ2v) is 15.2. The van der Waals surface area contributed by atoms with Crippen LogP contribution in [0.5, 0.6) is 0 Å². The Bertz CT molecular complexity index is 877. The third-order valence-corrected chi connectivity index (χ3v) is 12.9. The zero-order valence-corrected chi connectivity index (χ0v) is 24.2. The SMILES string of the molecule is C=C(C)CC[C@@H](C)C(C)(C)[C@H]1CC[C@@]2(C)C3=CC(=O)[C@@H]4C[C@@H](C)[C@@H](C)C[C@]4(C)C3[C@H](C)C[C@]12C. The van der Waals surface area contributed by atoms with Crippen LogP contribution in [0.15, 0.2) is 23.8 Å². The van der Waals surface area contributed by atoms with Gasteiger partial charge in [0, 0.05) is 5.92 Å². The maximum atomic E-state index is 13.7. The van der Waals surface area contributed by atoms with Gasteiger partial charge in [-0.25, -0.2) is 0 Å². The van der Waals surface area contributed by atoms with Crippen molar-refractivity contribution >= 4 is 5.78 Å². The van der Waals surface area contributed by atoms with Gasteiger partial charge in [-0.3, -0.25) is 4.79 Å². The maximum absolute atomic E-state index is 13.7. The Morgan fingerprint density at radius 3 is 2.38 bits per heavy atom. The first-order valence-electron chi connectivity index (χ1n) is 14.5. The summed E-state index contributed by atoms with van der Waals surface area (Å²) in [5, 5.41) is 0. The summed E-state index contributed by atoms with van der Waals surface area (Å²) in [6.07, 6.45) is 10.8. The summed E-state index contributed by atoms with van der Waals surface area (Å²) in [7, 11) is 0. The molecule has 0 heterocycles. The number of rotatable bonds is 5. The lowest BCUT2D eigenvalue weighted by atomic mass is 9.39. The first-order chi connectivity index (χ1) is 15.6. The van der Waals surface area contributed by atoms with Gasteiger partial charge < -0.3 is 0 Å². The summed E-state index contributed by atoms with van der Waals surface area (Å²) in [5.41, 5.74) is 3.70. The molecule has 1 heteroatoms. The lowest BCUT2D eigenvalue weighted by Crippen LogP contribution is -2.59. The molecule has 4 rings (SSSR count). The molecule has 0 saturated heterocycles. The first-order valence-corrected chi connectivity index (χ1v) is 14.5. The Labute approximate surface area is 211 Å². The average molecular weight is 467 g/mol. The van der Waals surface area contributed by atoms with Gasteiger partial charge in [0.05, 0.1) is 0 Å². The van der Waals surface area contributed by atoms with Crippen molar-refractivity contribution in [2.24, 2.45) is 63.1 Å². The highest BCUT2D eigenvalue weighted by molar-refractivity contribution is 5.94. The predicted octanol–water partition coefficient (Wildman–Crippen LogP) is 9.28. The van der Waals surface area contributed by atoms with Crippen molar-refractivity contribution in [3.8, 4) is 0 Å². The lowest BCUT2D eigenvalue weighted by molar-refractivity contribution is -0.139. The molecule has 3 saturated carbocycles. The molecule has 0 radical (unpaired) electrons. The third kappa shape index (κ3) is 3.56. The molecule has 4 aliphatic rings. The van der Waals surface area contributed by atoms with E-state index < -0.39 is 0 Å². The van der Waals surface area contributed by atoms with Crippen molar-refractivity contribution in [3.63, 3.8) is 0 Å². The molecule has 10 atom stereocenters. The van der Waals surface area contributed by atoms with Gasteiger partial charge in [-0.15, -0.1) is 6.58 Å². The minimum atomic E-state index is 0.138. The van der Waals surface area contributed by atoms with E-state index in [4.69, 9.17) is 0 Å². The summed E-state index contributed by atoms with van der Waals surface area (Å²) in [6.45, 7) is 29.0. The molecule has 0 aromatic carbocycles. The summed E-state index contributed by atoms with van der Waals surface area (Å²) >= 11 is 0. The van der Waals surface area contributed by atoms with Gasteiger partial charge in [0.2, 0.25) is 0 Å². The zero-order valence-electron chi connectivity index (χ0n) is 24.2. The largest absolute Gasteiger partial charge is 0.295 e. The molecule has 192 valence electrons. The molecule has 34 heavy (non-hydrogen) atoms. The van der Waals surface area contributed by atoms with Crippen molar-refractivity contribution in [1.29, 1.82) is 0 Å². The number of hydrogen-bond acceptors (Lipinski definition) is 1. The van der Waals surface area contributed by atoms with E-state index in [1.54, 1.807) is 5.57 Å². The summed E-state index contributed by atoms with van der Waals surface area (Å²) in [5.74, 6) is 4.66. The van der Waals surface area contributed by atoms with Crippen LogP contribution in [0, 0.1) is 63.1 Å². The third-order valence-electron chi connectivity index (χ3n) is 12.9. The molecule has 0 spiro atoms.